The summed E-state index contributed by atoms with van der Waals surface area (Å²) in [7, 11) is 0. The first-order chi connectivity index (χ1) is 12.4. The molecule has 1 unspecified atom stereocenters. The lowest BCUT2D eigenvalue weighted by Crippen LogP contribution is -2.42. The number of alkyl halides is 3. The van der Waals surface area contributed by atoms with E-state index >= 15 is 0 Å². The fraction of sp³-hybridized carbons (Fsp3) is 0.333. The summed E-state index contributed by atoms with van der Waals surface area (Å²) < 4.78 is 40.3. The first-order valence-electron chi connectivity index (χ1n) is 8.34. The van der Waals surface area contributed by atoms with Crippen LogP contribution in [0.1, 0.15) is 5.56 Å². The number of carbonyl (C=O) groups is 1. The molecule has 26 heavy (non-hydrogen) atoms. The lowest BCUT2D eigenvalue weighted by atomic mass is 10.1. The number of nitrogens with zero attached hydrogens (tertiary/aromatic N) is 4. The van der Waals surface area contributed by atoms with Gasteiger partial charge in [-0.05, 0) is 24.3 Å². The van der Waals surface area contributed by atoms with Crippen LogP contribution in [0.2, 0.25) is 0 Å². The molecule has 0 aliphatic carbocycles. The van der Waals surface area contributed by atoms with Crippen molar-refractivity contribution in [2.45, 2.75) is 12.7 Å². The molecule has 1 aromatic heterocycles. The van der Waals surface area contributed by atoms with E-state index < -0.39 is 11.7 Å². The van der Waals surface area contributed by atoms with Crippen LogP contribution < -0.4 is 4.90 Å². The number of carbonyl (C=O) groups excluding carboxylic acids is 1. The fourth-order valence-corrected chi connectivity index (χ4v) is 3.49. The van der Waals surface area contributed by atoms with Gasteiger partial charge >= 0.3 is 6.18 Å². The van der Waals surface area contributed by atoms with Gasteiger partial charge in [0.1, 0.15) is 5.82 Å². The summed E-state index contributed by atoms with van der Waals surface area (Å²) in [5.74, 6) is 0.970. The molecule has 1 aromatic carbocycles. The van der Waals surface area contributed by atoms with Crippen molar-refractivity contribution in [1.29, 1.82) is 0 Å². The van der Waals surface area contributed by atoms with Crippen LogP contribution in [0.3, 0.4) is 0 Å². The predicted molar refractivity (Wildman–Crippen MR) is 89.9 cm³/mol. The van der Waals surface area contributed by atoms with Gasteiger partial charge < -0.3 is 9.80 Å². The topological polar surface area (TPSA) is 41.4 Å². The Balaban J connectivity index is 1.58. The van der Waals surface area contributed by atoms with Gasteiger partial charge in [0.2, 0.25) is 5.91 Å². The van der Waals surface area contributed by atoms with Gasteiger partial charge in [-0.2, -0.15) is 18.3 Å². The second-order valence-electron chi connectivity index (χ2n) is 6.54. The summed E-state index contributed by atoms with van der Waals surface area (Å²) in [4.78, 5) is 15.5. The van der Waals surface area contributed by atoms with Crippen LogP contribution in [0.4, 0.5) is 24.7 Å². The predicted octanol–water partition coefficient (Wildman–Crippen LogP) is 3.07. The molecule has 3 heterocycles. The molecule has 136 valence electrons. The molecule has 4 rings (SSSR count). The number of rotatable bonds is 3. The molecule has 2 aliphatic rings. The van der Waals surface area contributed by atoms with Crippen LogP contribution >= 0.6 is 0 Å². The van der Waals surface area contributed by atoms with Crippen molar-refractivity contribution in [1.82, 2.24) is 14.7 Å². The Morgan fingerprint density at radius 3 is 2.54 bits per heavy atom. The number of hydrogen-bond donors (Lipinski definition) is 0. The van der Waals surface area contributed by atoms with Gasteiger partial charge in [-0.3, -0.25) is 4.79 Å². The molecule has 0 N–H and O–H groups in total. The highest BCUT2D eigenvalue weighted by Gasteiger charge is 2.32. The quantitative estimate of drug-likeness (QED) is 0.843. The van der Waals surface area contributed by atoms with E-state index in [9.17, 15) is 18.0 Å². The molecule has 5 nitrogen and oxygen atoms in total. The van der Waals surface area contributed by atoms with Crippen LogP contribution in [-0.2, 0) is 17.5 Å². The molecule has 0 fully saturated rings. The van der Waals surface area contributed by atoms with Crippen molar-refractivity contribution in [2.24, 2.45) is 5.92 Å². The lowest BCUT2D eigenvalue weighted by Gasteiger charge is -2.36. The number of amides is 1. The van der Waals surface area contributed by atoms with Gasteiger partial charge in [0.05, 0.1) is 11.8 Å². The first-order valence-corrected chi connectivity index (χ1v) is 8.34. The summed E-state index contributed by atoms with van der Waals surface area (Å²) in [6, 6.07) is 6.98. The van der Waals surface area contributed by atoms with Gasteiger partial charge in [-0.15, -0.1) is 0 Å². The molecule has 8 heteroatoms. The third-order valence-electron chi connectivity index (χ3n) is 4.73. The molecule has 2 aliphatic heterocycles. The summed E-state index contributed by atoms with van der Waals surface area (Å²) in [5.41, 5.74) is 0.00683. The van der Waals surface area contributed by atoms with Crippen molar-refractivity contribution < 1.29 is 18.0 Å². The van der Waals surface area contributed by atoms with Gasteiger partial charge in [0, 0.05) is 49.9 Å². The van der Waals surface area contributed by atoms with E-state index in [1.54, 1.807) is 17.2 Å². The van der Waals surface area contributed by atoms with Crippen LogP contribution in [0, 0.1) is 5.92 Å². The van der Waals surface area contributed by atoms with Gasteiger partial charge in [-0.25, -0.2) is 4.68 Å². The molecule has 0 bridgehead atoms. The van der Waals surface area contributed by atoms with Crippen molar-refractivity contribution in [3.05, 3.63) is 54.2 Å². The third kappa shape index (κ3) is 3.07. The van der Waals surface area contributed by atoms with E-state index in [1.807, 2.05) is 21.7 Å². The SMILES string of the molecule is O=C1C=CCN1CC1CN(c2ccc(C(F)(F)F)cc2)c2ccnn2C1. The van der Waals surface area contributed by atoms with Crippen molar-refractivity contribution >= 4 is 17.4 Å². The summed E-state index contributed by atoms with van der Waals surface area (Å²) >= 11 is 0. The first kappa shape index (κ1) is 16.7. The molecule has 0 saturated heterocycles. The Hall–Kier alpha value is -2.77. The maximum atomic E-state index is 12.8. The average Bonchev–Trinajstić information content (AvgIpc) is 3.23. The monoisotopic (exact) mass is 362 g/mol. The number of aromatic nitrogens is 2. The number of fused-ring (bicyclic) bond motifs is 1. The van der Waals surface area contributed by atoms with Crippen LogP contribution in [-0.4, -0.2) is 40.2 Å². The Morgan fingerprint density at radius 2 is 1.88 bits per heavy atom. The molecule has 2 aromatic rings. The Bertz CT molecular complexity index is 841. The summed E-state index contributed by atoms with van der Waals surface area (Å²) in [6.07, 6.45) is 0.721. The fourth-order valence-electron chi connectivity index (χ4n) is 3.49. The second-order valence-corrected chi connectivity index (χ2v) is 6.54. The molecule has 1 atom stereocenters. The molecular formula is C18H17F3N4O. The maximum Gasteiger partial charge on any atom is 0.416 e. The molecule has 0 radical (unpaired) electrons. The zero-order valence-electron chi connectivity index (χ0n) is 13.9. The Morgan fingerprint density at radius 1 is 1.12 bits per heavy atom. The standard InChI is InChI=1S/C18H17F3N4O/c19-18(20,21)14-3-5-15(6-4-14)24-11-13(10-23-9-1-2-17(23)26)12-25-16(24)7-8-22-25/h1-8,13H,9-12H2. The molecule has 0 saturated carbocycles. The Kier molecular flexibility index (Phi) is 3.97. The minimum Gasteiger partial charge on any atom is -0.335 e. The molecule has 1 amide bonds. The highest BCUT2D eigenvalue weighted by Crippen LogP contribution is 2.34. The van der Waals surface area contributed by atoms with E-state index in [0.717, 1.165) is 18.0 Å². The third-order valence-corrected chi connectivity index (χ3v) is 4.73. The van der Waals surface area contributed by atoms with Crippen LogP contribution in [0.5, 0.6) is 0 Å². The Labute approximate surface area is 148 Å². The minimum atomic E-state index is -4.35. The number of halogens is 3. The maximum absolute atomic E-state index is 12.8. The van der Waals surface area contributed by atoms with E-state index in [0.29, 0.717) is 31.9 Å². The van der Waals surface area contributed by atoms with Crippen molar-refractivity contribution in [2.75, 3.05) is 24.5 Å². The smallest absolute Gasteiger partial charge is 0.335 e. The summed E-state index contributed by atoms with van der Waals surface area (Å²) in [5, 5.41) is 4.31. The number of benzene rings is 1. The minimum absolute atomic E-state index is 0.00246. The highest BCUT2D eigenvalue weighted by molar-refractivity contribution is 5.89. The largest absolute Gasteiger partial charge is 0.416 e. The zero-order chi connectivity index (χ0) is 18.3. The van der Waals surface area contributed by atoms with Gasteiger partial charge in [0.25, 0.3) is 0 Å². The van der Waals surface area contributed by atoms with E-state index in [2.05, 4.69) is 5.10 Å². The second kappa shape index (κ2) is 6.19. The van der Waals surface area contributed by atoms with Gasteiger partial charge in [0.15, 0.2) is 0 Å². The van der Waals surface area contributed by atoms with Crippen LogP contribution in [0.15, 0.2) is 48.7 Å². The zero-order valence-corrected chi connectivity index (χ0v) is 13.9. The van der Waals surface area contributed by atoms with Crippen molar-refractivity contribution in [3.8, 4) is 0 Å². The van der Waals surface area contributed by atoms with Crippen LogP contribution in [0.25, 0.3) is 0 Å². The molecular weight excluding hydrogens is 345 g/mol. The van der Waals surface area contributed by atoms with E-state index in [1.165, 1.54) is 12.1 Å². The highest BCUT2D eigenvalue weighted by atomic mass is 19.4. The average molecular weight is 362 g/mol. The normalized spacial score (nSPS) is 20.0. The van der Waals surface area contributed by atoms with E-state index in [-0.39, 0.29) is 11.8 Å². The molecule has 0 spiro atoms. The number of hydrogen-bond acceptors (Lipinski definition) is 3. The van der Waals surface area contributed by atoms with Crippen molar-refractivity contribution in [3.63, 3.8) is 0 Å². The summed E-state index contributed by atoms with van der Waals surface area (Å²) in [6.45, 7) is 2.47. The van der Waals surface area contributed by atoms with E-state index in [4.69, 9.17) is 0 Å². The van der Waals surface area contributed by atoms with Gasteiger partial charge in [-0.1, -0.05) is 6.08 Å². The lowest BCUT2D eigenvalue weighted by molar-refractivity contribution is -0.137. The number of anilines is 2.